The van der Waals surface area contributed by atoms with Crippen LogP contribution in [0.2, 0.25) is 0 Å². The van der Waals surface area contributed by atoms with E-state index in [2.05, 4.69) is 5.10 Å². The zero-order valence-corrected chi connectivity index (χ0v) is 11.4. The van der Waals surface area contributed by atoms with Gasteiger partial charge in [0.05, 0.1) is 19.9 Å². The highest BCUT2D eigenvalue weighted by Crippen LogP contribution is 2.27. The Kier molecular flexibility index (Phi) is 6.02. The van der Waals surface area contributed by atoms with E-state index in [0.717, 1.165) is 6.42 Å². The van der Waals surface area contributed by atoms with E-state index in [9.17, 15) is 9.59 Å². The van der Waals surface area contributed by atoms with Gasteiger partial charge in [0.2, 0.25) is 0 Å². The van der Waals surface area contributed by atoms with Crippen LogP contribution >= 0.6 is 0 Å². The third-order valence-electron chi connectivity index (χ3n) is 2.25. The van der Waals surface area contributed by atoms with Crippen LogP contribution in [-0.4, -0.2) is 31.7 Å². The second-order valence-corrected chi connectivity index (χ2v) is 3.82. The standard InChI is InChI=1S/C13H17N3O4/c1-3-6-20-10-5-4-9(7-11(10)19-2)8-15-16-13(18)12(14)17/h4-5,7-8H,3,6H2,1-2H3,(H2,14,17)(H,16,18)/b15-8-. The summed E-state index contributed by atoms with van der Waals surface area (Å²) in [6.45, 7) is 2.60. The van der Waals surface area contributed by atoms with Crippen molar-refractivity contribution in [3.63, 3.8) is 0 Å². The predicted molar refractivity (Wildman–Crippen MR) is 73.7 cm³/mol. The van der Waals surface area contributed by atoms with E-state index < -0.39 is 11.8 Å². The maximum Gasteiger partial charge on any atom is 0.329 e. The zero-order valence-electron chi connectivity index (χ0n) is 11.4. The molecule has 0 fully saturated rings. The SMILES string of the molecule is CCCOc1ccc(/C=N\NC(=O)C(N)=O)cc1OC. The van der Waals surface area contributed by atoms with E-state index in [1.165, 1.54) is 13.3 Å². The minimum Gasteiger partial charge on any atom is -0.493 e. The van der Waals surface area contributed by atoms with Crippen LogP contribution in [0.3, 0.4) is 0 Å². The van der Waals surface area contributed by atoms with Crippen molar-refractivity contribution in [3.05, 3.63) is 23.8 Å². The molecular formula is C13H17N3O4. The number of nitrogens with two attached hydrogens (primary N) is 1. The van der Waals surface area contributed by atoms with Crippen molar-refractivity contribution in [2.45, 2.75) is 13.3 Å². The lowest BCUT2D eigenvalue weighted by molar-refractivity contribution is -0.137. The molecule has 1 aromatic rings. The summed E-state index contributed by atoms with van der Waals surface area (Å²) in [6, 6.07) is 5.18. The lowest BCUT2D eigenvalue weighted by atomic mass is 10.2. The zero-order chi connectivity index (χ0) is 15.0. The number of nitrogens with zero attached hydrogens (tertiary/aromatic N) is 1. The summed E-state index contributed by atoms with van der Waals surface area (Å²) in [5, 5.41) is 3.61. The normalized spacial score (nSPS) is 10.3. The molecule has 0 radical (unpaired) electrons. The molecule has 0 saturated carbocycles. The Morgan fingerprint density at radius 3 is 2.75 bits per heavy atom. The number of hydrogen-bond acceptors (Lipinski definition) is 5. The van der Waals surface area contributed by atoms with Crippen LogP contribution in [0.5, 0.6) is 11.5 Å². The maximum atomic E-state index is 10.9. The van der Waals surface area contributed by atoms with Crippen molar-refractivity contribution in [3.8, 4) is 11.5 Å². The molecule has 0 heterocycles. The highest BCUT2D eigenvalue weighted by atomic mass is 16.5. The molecule has 1 aromatic carbocycles. The Hall–Kier alpha value is -2.57. The molecule has 7 heteroatoms. The van der Waals surface area contributed by atoms with Crippen molar-refractivity contribution in [1.29, 1.82) is 0 Å². The van der Waals surface area contributed by atoms with Gasteiger partial charge in [0, 0.05) is 0 Å². The molecule has 7 nitrogen and oxygen atoms in total. The van der Waals surface area contributed by atoms with Crippen LogP contribution in [0.15, 0.2) is 23.3 Å². The Bertz CT molecular complexity index is 514. The first-order valence-corrected chi connectivity index (χ1v) is 6.02. The van der Waals surface area contributed by atoms with Crippen LogP contribution in [0.25, 0.3) is 0 Å². The molecule has 20 heavy (non-hydrogen) atoms. The quantitative estimate of drug-likeness (QED) is 0.447. The third-order valence-corrected chi connectivity index (χ3v) is 2.25. The van der Waals surface area contributed by atoms with E-state index >= 15 is 0 Å². The van der Waals surface area contributed by atoms with Gasteiger partial charge < -0.3 is 15.2 Å². The van der Waals surface area contributed by atoms with Crippen molar-refractivity contribution in [1.82, 2.24) is 5.43 Å². The molecule has 108 valence electrons. The number of carbonyl (C=O) groups is 2. The molecule has 0 spiro atoms. The van der Waals surface area contributed by atoms with Crippen LogP contribution in [0, 0.1) is 0 Å². The van der Waals surface area contributed by atoms with Crippen LogP contribution in [-0.2, 0) is 9.59 Å². The smallest absolute Gasteiger partial charge is 0.329 e. The number of hydrazone groups is 1. The molecule has 1 rings (SSSR count). The van der Waals surface area contributed by atoms with Crippen molar-refractivity contribution >= 4 is 18.0 Å². The lowest BCUT2D eigenvalue weighted by Gasteiger charge is -2.10. The molecular weight excluding hydrogens is 262 g/mol. The average Bonchev–Trinajstić information content (AvgIpc) is 2.45. The van der Waals surface area contributed by atoms with E-state index in [1.54, 1.807) is 18.2 Å². The molecule has 0 aliphatic carbocycles. The second kappa shape index (κ2) is 7.78. The number of ether oxygens (including phenoxy) is 2. The summed E-state index contributed by atoms with van der Waals surface area (Å²) in [4.78, 5) is 21.4. The molecule has 0 atom stereocenters. The molecule has 0 saturated heterocycles. The number of benzene rings is 1. The van der Waals surface area contributed by atoms with Crippen LogP contribution < -0.4 is 20.6 Å². The van der Waals surface area contributed by atoms with Gasteiger partial charge in [0.25, 0.3) is 0 Å². The number of rotatable bonds is 6. The Morgan fingerprint density at radius 1 is 1.40 bits per heavy atom. The fourth-order valence-electron chi connectivity index (χ4n) is 1.32. The monoisotopic (exact) mass is 279 g/mol. The Balaban J connectivity index is 2.74. The summed E-state index contributed by atoms with van der Waals surface area (Å²) < 4.78 is 10.7. The van der Waals surface area contributed by atoms with Crippen molar-refractivity contribution in [2.75, 3.05) is 13.7 Å². The summed E-state index contributed by atoms with van der Waals surface area (Å²) in [6.07, 6.45) is 2.26. The van der Waals surface area contributed by atoms with E-state index in [4.69, 9.17) is 15.2 Å². The van der Waals surface area contributed by atoms with E-state index in [1.807, 2.05) is 12.3 Å². The Labute approximate surface area is 116 Å². The first-order chi connectivity index (χ1) is 9.58. The first kappa shape index (κ1) is 15.5. The van der Waals surface area contributed by atoms with Gasteiger partial charge in [-0.2, -0.15) is 5.10 Å². The topological polar surface area (TPSA) is 103 Å². The minimum absolute atomic E-state index is 0.559. The number of amides is 2. The number of primary amides is 1. The van der Waals surface area contributed by atoms with Gasteiger partial charge in [-0.05, 0) is 30.2 Å². The van der Waals surface area contributed by atoms with E-state index in [-0.39, 0.29) is 0 Å². The highest BCUT2D eigenvalue weighted by Gasteiger charge is 2.06. The van der Waals surface area contributed by atoms with Crippen molar-refractivity contribution < 1.29 is 19.1 Å². The maximum absolute atomic E-state index is 10.9. The van der Waals surface area contributed by atoms with Crippen LogP contribution in [0.4, 0.5) is 0 Å². The molecule has 0 aromatic heterocycles. The van der Waals surface area contributed by atoms with Gasteiger partial charge in [-0.15, -0.1) is 0 Å². The van der Waals surface area contributed by atoms with Gasteiger partial charge in [0.1, 0.15) is 0 Å². The number of nitrogens with one attached hydrogen (secondary N) is 1. The molecule has 0 bridgehead atoms. The third kappa shape index (κ3) is 4.60. The lowest BCUT2D eigenvalue weighted by Crippen LogP contribution is -2.32. The van der Waals surface area contributed by atoms with Crippen LogP contribution in [0.1, 0.15) is 18.9 Å². The highest BCUT2D eigenvalue weighted by molar-refractivity contribution is 6.34. The first-order valence-electron chi connectivity index (χ1n) is 6.02. The number of carbonyl (C=O) groups excluding carboxylic acids is 2. The minimum atomic E-state index is -1.09. The van der Waals surface area contributed by atoms with Crippen molar-refractivity contribution in [2.24, 2.45) is 10.8 Å². The van der Waals surface area contributed by atoms with Gasteiger partial charge in [-0.3, -0.25) is 9.59 Å². The Morgan fingerprint density at radius 2 is 2.15 bits per heavy atom. The second-order valence-electron chi connectivity index (χ2n) is 3.82. The molecule has 0 aliphatic rings. The largest absolute Gasteiger partial charge is 0.493 e. The summed E-state index contributed by atoms with van der Waals surface area (Å²) >= 11 is 0. The molecule has 0 unspecified atom stereocenters. The predicted octanol–water partition coefficient (Wildman–Crippen LogP) is 0.419. The summed E-state index contributed by atoms with van der Waals surface area (Å²) in [7, 11) is 1.53. The van der Waals surface area contributed by atoms with Gasteiger partial charge in [0.15, 0.2) is 11.5 Å². The number of methoxy groups -OCH3 is 1. The molecule has 0 aliphatic heterocycles. The van der Waals surface area contributed by atoms with Gasteiger partial charge in [-0.25, -0.2) is 5.43 Å². The summed E-state index contributed by atoms with van der Waals surface area (Å²) in [5.41, 5.74) is 7.44. The summed E-state index contributed by atoms with van der Waals surface area (Å²) in [5.74, 6) is -0.879. The van der Waals surface area contributed by atoms with E-state index in [0.29, 0.717) is 23.7 Å². The van der Waals surface area contributed by atoms with Gasteiger partial charge in [-0.1, -0.05) is 6.92 Å². The molecule has 2 amide bonds. The van der Waals surface area contributed by atoms with Gasteiger partial charge >= 0.3 is 11.8 Å². The number of hydrogen-bond donors (Lipinski definition) is 2. The molecule has 3 N–H and O–H groups in total. The fraction of sp³-hybridized carbons (Fsp3) is 0.308. The average molecular weight is 279 g/mol. The fourth-order valence-corrected chi connectivity index (χ4v) is 1.32.